The lowest BCUT2D eigenvalue weighted by Gasteiger charge is -2.05. The highest BCUT2D eigenvalue weighted by Crippen LogP contribution is 2.25. The third kappa shape index (κ3) is 8.68. The Kier molecular flexibility index (Phi) is 11.8. The molecule has 1 aliphatic carbocycles. The first-order valence-corrected chi connectivity index (χ1v) is 10.1. The van der Waals surface area contributed by atoms with Gasteiger partial charge in [0.05, 0.1) is 0 Å². The van der Waals surface area contributed by atoms with E-state index < -0.39 is 0 Å². The smallest absolute Gasteiger partial charge is 0.0157 e. The predicted octanol–water partition coefficient (Wildman–Crippen LogP) is 8.50. The van der Waals surface area contributed by atoms with Crippen LogP contribution in [0.4, 0.5) is 0 Å². The molecule has 0 nitrogen and oxygen atoms in total. The van der Waals surface area contributed by atoms with Crippen LogP contribution >= 0.6 is 0 Å². The molecule has 2 aromatic carbocycles. The highest BCUT2D eigenvalue weighted by atomic mass is 14.1. The second-order valence-corrected chi connectivity index (χ2v) is 6.57. The third-order valence-electron chi connectivity index (χ3n) is 3.99. The maximum Gasteiger partial charge on any atom is -0.0157 e. The average Bonchev–Trinajstić information content (AvgIpc) is 2.98. The molecule has 0 saturated heterocycles. The number of benzene rings is 2. The van der Waals surface area contributed by atoms with E-state index in [1.807, 2.05) is 37.3 Å². The fourth-order valence-electron chi connectivity index (χ4n) is 2.61. The van der Waals surface area contributed by atoms with Crippen molar-refractivity contribution in [3.05, 3.63) is 126 Å². The lowest BCUT2D eigenvalue weighted by atomic mass is 9.99. The molecule has 28 heavy (non-hydrogen) atoms. The molecule has 0 spiro atoms. The van der Waals surface area contributed by atoms with Crippen LogP contribution in [-0.4, -0.2) is 0 Å². The average molecular weight is 371 g/mol. The van der Waals surface area contributed by atoms with E-state index in [2.05, 4.69) is 94.1 Å². The van der Waals surface area contributed by atoms with Gasteiger partial charge in [-0.3, -0.25) is 0 Å². The number of rotatable bonds is 3. The minimum Gasteiger partial charge on any atom is -0.0985 e. The zero-order chi connectivity index (χ0) is 20.6. The lowest BCUT2D eigenvalue weighted by molar-refractivity contribution is 1.09. The van der Waals surface area contributed by atoms with Crippen LogP contribution in [0.3, 0.4) is 0 Å². The molecule has 0 aliphatic heterocycles. The van der Waals surface area contributed by atoms with Gasteiger partial charge in [0.15, 0.2) is 0 Å². The van der Waals surface area contributed by atoms with Crippen molar-refractivity contribution >= 4 is 5.57 Å². The zero-order valence-electron chi connectivity index (χ0n) is 17.9. The quantitative estimate of drug-likeness (QED) is 0.475. The van der Waals surface area contributed by atoms with Crippen LogP contribution in [0.1, 0.15) is 44.7 Å². The Hall–Kier alpha value is -2.86. The van der Waals surface area contributed by atoms with Gasteiger partial charge in [0.1, 0.15) is 0 Å². The molecule has 0 saturated carbocycles. The summed E-state index contributed by atoms with van der Waals surface area (Å²) in [6, 6.07) is 20.8. The molecule has 1 aliphatic rings. The van der Waals surface area contributed by atoms with Crippen LogP contribution in [0.5, 0.6) is 0 Å². The zero-order valence-corrected chi connectivity index (χ0v) is 17.9. The van der Waals surface area contributed by atoms with Crippen LogP contribution in [0.25, 0.3) is 5.57 Å². The van der Waals surface area contributed by atoms with Crippen LogP contribution in [-0.2, 0) is 0 Å². The second-order valence-electron chi connectivity index (χ2n) is 6.57. The first-order chi connectivity index (χ1) is 13.7. The Morgan fingerprint density at radius 2 is 1.54 bits per heavy atom. The second kappa shape index (κ2) is 14.2. The summed E-state index contributed by atoms with van der Waals surface area (Å²) in [4.78, 5) is 0. The molecule has 3 rings (SSSR count). The summed E-state index contributed by atoms with van der Waals surface area (Å²) >= 11 is 0. The fraction of sp³-hybridized carbons (Fsp3) is 0.214. The summed E-state index contributed by atoms with van der Waals surface area (Å²) in [7, 11) is 0. The van der Waals surface area contributed by atoms with Crippen molar-refractivity contribution in [2.24, 2.45) is 0 Å². The minimum absolute atomic E-state index is 0.971. The predicted molar refractivity (Wildman–Crippen MR) is 127 cm³/mol. The molecular weight excluding hydrogens is 336 g/mol. The van der Waals surface area contributed by atoms with Gasteiger partial charge in [0.2, 0.25) is 0 Å². The molecule has 0 amide bonds. The fourth-order valence-corrected chi connectivity index (χ4v) is 2.61. The number of hydrogen-bond donors (Lipinski definition) is 0. The normalized spacial score (nSPS) is 12.9. The van der Waals surface area contributed by atoms with Gasteiger partial charge in [0.25, 0.3) is 0 Å². The molecule has 0 N–H and O–H groups in total. The molecule has 0 unspecified atom stereocenters. The number of aryl methyl sites for hydroxylation is 1. The largest absolute Gasteiger partial charge is 0.0985 e. The molecule has 2 aromatic rings. The molecule has 0 atom stereocenters. The summed E-state index contributed by atoms with van der Waals surface area (Å²) < 4.78 is 0. The third-order valence-corrected chi connectivity index (χ3v) is 3.99. The molecule has 0 fully saturated rings. The van der Waals surface area contributed by atoms with Crippen LogP contribution < -0.4 is 0 Å². The Morgan fingerprint density at radius 1 is 0.964 bits per heavy atom. The van der Waals surface area contributed by atoms with E-state index in [1.165, 1.54) is 34.3 Å². The van der Waals surface area contributed by atoms with Gasteiger partial charge < -0.3 is 0 Å². The summed E-state index contributed by atoms with van der Waals surface area (Å²) in [5.74, 6) is 0. The highest BCUT2D eigenvalue weighted by molar-refractivity contribution is 5.77. The number of hydrogen-bond acceptors (Lipinski definition) is 0. The first-order valence-electron chi connectivity index (χ1n) is 10.1. The van der Waals surface area contributed by atoms with Crippen molar-refractivity contribution in [2.75, 3.05) is 0 Å². The Morgan fingerprint density at radius 3 is 2.00 bits per heavy atom. The summed E-state index contributed by atoms with van der Waals surface area (Å²) in [6.07, 6.45) is 15.1. The van der Waals surface area contributed by atoms with Crippen molar-refractivity contribution in [1.82, 2.24) is 0 Å². The summed E-state index contributed by atoms with van der Waals surface area (Å²) in [5.41, 5.74) is 6.26. The Bertz CT molecular complexity index is 800. The van der Waals surface area contributed by atoms with E-state index >= 15 is 0 Å². The Balaban J connectivity index is 0.000000324. The topological polar surface area (TPSA) is 0 Å². The van der Waals surface area contributed by atoms with Crippen molar-refractivity contribution < 1.29 is 0 Å². The van der Waals surface area contributed by atoms with E-state index in [4.69, 9.17) is 0 Å². The molecule has 0 radical (unpaired) electrons. The minimum atomic E-state index is 0.971. The Labute approximate surface area is 172 Å². The van der Waals surface area contributed by atoms with Crippen molar-refractivity contribution in [1.29, 1.82) is 0 Å². The van der Waals surface area contributed by atoms with Gasteiger partial charge in [-0.1, -0.05) is 123 Å². The molecule has 0 heterocycles. The monoisotopic (exact) mass is 370 g/mol. The van der Waals surface area contributed by atoms with Crippen LogP contribution in [0.15, 0.2) is 115 Å². The van der Waals surface area contributed by atoms with Gasteiger partial charge in [-0.15, -0.1) is 0 Å². The highest BCUT2D eigenvalue weighted by Gasteiger charge is 2.04. The SMILES string of the molecule is C=C/C(=C\C)C1=CC(c2ccccc2)=CCC=C1.CCC.Cc1ccccc1. The van der Waals surface area contributed by atoms with Crippen LogP contribution in [0.2, 0.25) is 0 Å². The van der Waals surface area contributed by atoms with E-state index in [1.54, 1.807) is 0 Å². The molecular formula is C28H34. The van der Waals surface area contributed by atoms with Crippen molar-refractivity contribution in [3.63, 3.8) is 0 Å². The van der Waals surface area contributed by atoms with Gasteiger partial charge in [-0.2, -0.15) is 0 Å². The van der Waals surface area contributed by atoms with Crippen molar-refractivity contribution in [2.45, 2.75) is 40.5 Å². The van der Waals surface area contributed by atoms with E-state index in [0.717, 1.165) is 6.42 Å². The van der Waals surface area contributed by atoms with E-state index in [-0.39, 0.29) is 0 Å². The van der Waals surface area contributed by atoms with Gasteiger partial charge in [0, 0.05) is 0 Å². The van der Waals surface area contributed by atoms with Gasteiger partial charge in [-0.25, -0.2) is 0 Å². The standard InChI is InChI=1S/C18H18.C7H8.C3H8/c1-3-15(4-2)17-12-8-9-13-18(14-17)16-10-6-5-7-11-16;1-7-5-3-2-4-6-7;1-3-2/h3-8,10-14H,1,9H2,2H3;2-6H,1H3;3H2,1-2H3/b15-4+;;. The first kappa shape index (κ1) is 23.2. The van der Waals surface area contributed by atoms with E-state index in [9.17, 15) is 0 Å². The molecule has 0 heteroatoms. The van der Waals surface area contributed by atoms with Crippen LogP contribution in [0, 0.1) is 6.92 Å². The maximum absolute atomic E-state index is 3.87. The van der Waals surface area contributed by atoms with E-state index in [0.29, 0.717) is 0 Å². The summed E-state index contributed by atoms with van der Waals surface area (Å²) in [6.45, 7) is 12.3. The maximum atomic E-state index is 3.87. The molecule has 0 bridgehead atoms. The molecule has 0 aromatic heterocycles. The van der Waals surface area contributed by atoms with Crippen molar-refractivity contribution in [3.8, 4) is 0 Å². The number of allylic oxidation sites excluding steroid dienone is 9. The molecule has 146 valence electrons. The van der Waals surface area contributed by atoms with Gasteiger partial charge >= 0.3 is 0 Å². The van der Waals surface area contributed by atoms with Gasteiger partial charge in [-0.05, 0) is 48.6 Å². The summed E-state index contributed by atoms with van der Waals surface area (Å²) in [5, 5.41) is 0. The lowest BCUT2D eigenvalue weighted by Crippen LogP contribution is -1.85.